The number of nitrogens with zero attached hydrogens (tertiary/aromatic N) is 4. The number of piperidine rings is 1. The molecule has 0 unspecified atom stereocenters. The summed E-state index contributed by atoms with van der Waals surface area (Å²) < 4.78 is 34.0. The van der Waals surface area contributed by atoms with E-state index in [1.165, 1.54) is 0 Å². The highest BCUT2D eigenvalue weighted by atomic mass is 35.5. The van der Waals surface area contributed by atoms with E-state index in [1.54, 1.807) is 4.90 Å². The van der Waals surface area contributed by atoms with Crippen LogP contribution in [0.15, 0.2) is 23.1 Å². The highest BCUT2D eigenvalue weighted by Crippen LogP contribution is 2.43. The zero-order valence-corrected chi connectivity index (χ0v) is 20.4. The van der Waals surface area contributed by atoms with Gasteiger partial charge >= 0.3 is 0 Å². The molecular formula is C23H29ClN4O4S. The number of morpholine rings is 1. The van der Waals surface area contributed by atoms with Gasteiger partial charge in [-0.15, -0.1) is 11.6 Å². The van der Waals surface area contributed by atoms with Gasteiger partial charge in [0, 0.05) is 43.2 Å². The van der Waals surface area contributed by atoms with Crippen molar-refractivity contribution >= 4 is 27.3 Å². The standard InChI is InChI=1S/C23H29ClN4O4S/c1-16-4-2-6-18-21-19(15-33(30,31)22(16)18)20(23(29)27-10-12-32-13-11-27)25-28(21)17-5-3-8-26(14-17)9-7-24/h2,4,6,17H,3,5,7-15H2,1H3/t17-/m0/s1. The number of hydrogen-bond donors (Lipinski definition) is 0. The Morgan fingerprint density at radius 1 is 1.24 bits per heavy atom. The Balaban J connectivity index is 1.66. The lowest BCUT2D eigenvalue weighted by Crippen LogP contribution is -2.41. The van der Waals surface area contributed by atoms with Gasteiger partial charge < -0.3 is 14.5 Å². The van der Waals surface area contributed by atoms with Crippen LogP contribution in [0.4, 0.5) is 0 Å². The van der Waals surface area contributed by atoms with Crippen molar-refractivity contribution in [2.24, 2.45) is 0 Å². The molecule has 8 nitrogen and oxygen atoms in total. The molecule has 1 aromatic heterocycles. The predicted octanol–water partition coefficient (Wildman–Crippen LogP) is 2.49. The van der Waals surface area contributed by atoms with Crippen LogP contribution in [0.5, 0.6) is 0 Å². The van der Waals surface area contributed by atoms with E-state index in [0.717, 1.165) is 43.7 Å². The number of rotatable bonds is 4. The van der Waals surface area contributed by atoms with E-state index >= 15 is 0 Å². The maximum atomic E-state index is 13.5. The van der Waals surface area contributed by atoms with Crippen LogP contribution >= 0.6 is 11.6 Å². The summed E-state index contributed by atoms with van der Waals surface area (Å²) in [7, 11) is -3.59. The van der Waals surface area contributed by atoms with E-state index < -0.39 is 9.84 Å². The number of aryl methyl sites for hydroxylation is 1. The van der Waals surface area contributed by atoms with Crippen LogP contribution in [0, 0.1) is 6.92 Å². The first-order valence-electron chi connectivity index (χ1n) is 11.5. The van der Waals surface area contributed by atoms with Crippen LogP contribution in [0.25, 0.3) is 11.3 Å². The Morgan fingerprint density at radius 2 is 2.03 bits per heavy atom. The molecule has 2 aromatic rings. The normalized spacial score (nSPS) is 22.6. The summed E-state index contributed by atoms with van der Waals surface area (Å²) in [5.74, 6) is 0.141. The second-order valence-corrected chi connectivity index (χ2v) is 11.3. The van der Waals surface area contributed by atoms with Crippen LogP contribution < -0.4 is 0 Å². The summed E-state index contributed by atoms with van der Waals surface area (Å²) in [6, 6.07) is 5.60. The van der Waals surface area contributed by atoms with E-state index in [4.69, 9.17) is 21.4 Å². The molecule has 0 aliphatic carbocycles. The maximum absolute atomic E-state index is 13.5. The molecule has 1 amide bonds. The largest absolute Gasteiger partial charge is 0.378 e. The molecule has 5 rings (SSSR count). The number of sulfone groups is 1. The molecule has 178 valence electrons. The molecule has 1 atom stereocenters. The third-order valence-corrected chi connectivity index (χ3v) is 8.85. The summed E-state index contributed by atoms with van der Waals surface area (Å²) in [6.45, 7) is 6.30. The summed E-state index contributed by atoms with van der Waals surface area (Å²) in [4.78, 5) is 17.9. The van der Waals surface area contributed by atoms with Crippen molar-refractivity contribution in [1.29, 1.82) is 0 Å². The number of fused-ring (bicyclic) bond motifs is 3. The molecule has 2 saturated heterocycles. The fraction of sp³-hybridized carbons (Fsp3) is 0.565. The Labute approximate surface area is 199 Å². The van der Waals surface area contributed by atoms with Gasteiger partial charge in [0.15, 0.2) is 15.5 Å². The first-order chi connectivity index (χ1) is 15.9. The molecule has 0 radical (unpaired) electrons. The van der Waals surface area contributed by atoms with Crippen molar-refractivity contribution < 1.29 is 17.9 Å². The van der Waals surface area contributed by atoms with Crippen molar-refractivity contribution in [3.8, 4) is 11.3 Å². The molecular weight excluding hydrogens is 464 g/mol. The molecule has 33 heavy (non-hydrogen) atoms. The topological polar surface area (TPSA) is 84.7 Å². The fourth-order valence-electron chi connectivity index (χ4n) is 5.31. The molecule has 3 aliphatic rings. The SMILES string of the molecule is Cc1cccc2c1S(=O)(=O)Cc1c(C(=O)N3CCOCC3)nn([C@H]3CCCN(CCCl)C3)c1-2. The van der Waals surface area contributed by atoms with Crippen LogP contribution in [-0.4, -0.2) is 85.7 Å². The zero-order chi connectivity index (χ0) is 23.2. The maximum Gasteiger partial charge on any atom is 0.274 e. The first kappa shape index (κ1) is 22.8. The van der Waals surface area contributed by atoms with Crippen molar-refractivity contribution in [1.82, 2.24) is 19.6 Å². The lowest BCUT2D eigenvalue weighted by atomic mass is 10.0. The lowest BCUT2D eigenvalue weighted by molar-refractivity contribution is 0.0297. The molecule has 0 N–H and O–H groups in total. The minimum Gasteiger partial charge on any atom is -0.378 e. The van der Waals surface area contributed by atoms with Gasteiger partial charge in [0.1, 0.15) is 0 Å². The molecule has 10 heteroatoms. The summed E-state index contributed by atoms with van der Waals surface area (Å²) >= 11 is 6.00. The lowest BCUT2D eigenvalue weighted by Gasteiger charge is -2.33. The highest BCUT2D eigenvalue weighted by molar-refractivity contribution is 7.91. The van der Waals surface area contributed by atoms with Gasteiger partial charge in [-0.2, -0.15) is 5.10 Å². The molecule has 2 fully saturated rings. The van der Waals surface area contributed by atoms with Gasteiger partial charge in [-0.25, -0.2) is 8.42 Å². The minimum absolute atomic E-state index is 0.0520. The molecule has 4 heterocycles. The Hall–Kier alpha value is -1.94. The van der Waals surface area contributed by atoms with Crippen LogP contribution in [0.1, 0.15) is 40.5 Å². The van der Waals surface area contributed by atoms with E-state index in [2.05, 4.69) is 4.90 Å². The Kier molecular flexibility index (Phi) is 6.24. The summed E-state index contributed by atoms with van der Waals surface area (Å²) in [6.07, 6.45) is 1.92. The average molecular weight is 493 g/mol. The van der Waals surface area contributed by atoms with Gasteiger partial charge in [0.2, 0.25) is 0 Å². The minimum atomic E-state index is -3.59. The van der Waals surface area contributed by atoms with Crippen molar-refractivity contribution in [2.45, 2.75) is 36.5 Å². The predicted molar refractivity (Wildman–Crippen MR) is 125 cm³/mol. The number of halogens is 1. The summed E-state index contributed by atoms with van der Waals surface area (Å²) in [5.41, 5.74) is 2.94. The monoisotopic (exact) mass is 492 g/mol. The number of carbonyl (C=O) groups is 1. The quantitative estimate of drug-likeness (QED) is 0.610. The number of benzene rings is 1. The molecule has 0 bridgehead atoms. The van der Waals surface area contributed by atoms with Crippen molar-refractivity contribution in [2.75, 3.05) is 51.8 Å². The van der Waals surface area contributed by atoms with Crippen molar-refractivity contribution in [3.05, 3.63) is 35.0 Å². The zero-order valence-electron chi connectivity index (χ0n) is 18.8. The molecule has 1 aromatic carbocycles. The third kappa shape index (κ3) is 4.09. The van der Waals surface area contributed by atoms with Gasteiger partial charge in [-0.3, -0.25) is 9.48 Å². The molecule has 0 spiro atoms. The highest BCUT2D eigenvalue weighted by Gasteiger charge is 2.39. The number of alkyl halides is 1. The molecule has 0 saturated carbocycles. The average Bonchev–Trinajstić information content (AvgIpc) is 3.18. The van der Waals surface area contributed by atoms with Gasteiger partial charge in [0.05, 0.1) is 35.6 Å². The smallest absolute Gasteiger partial charge is 0.274 e. The third-order valence-electron chi connectivity index (χ3n) is 6.85. The van der Waals surface area contributed by atoms with Crippen LogP contribution in [0.2, 0.25) is 0 Å². The number of aromatic nitrogens is 2. The van der Waals surface area contributed by atoms with Gasteiger partial charge in [-0.05, 0) is 31.9 Å². The van der Waals surface area contributed by atoms with Gasteiger partial charge in [0.25, 0.3) is 5.91 Å². The van der Waals surface area contributed by atoms with Gasteiger partial charge in [-0.1, -0.05) is 18.2 Å². The van der Waals surface area contributed by atoms with Crippen LogP contribution in [-0.2, 0) is 20.3 Å². The van der Waals surface area contributed by atoms with E-state index in [-0.39, 0.29) is 23.4 Å². The van der Waals surface area contributed by atoms with Crippen LogP contribution in [0.3, 0.4) is 0 Å². The van der Waals surface area contributed by atoms with E-state index in [9.17, 15) is 13.2 Å². The number of amides is 1. The fourth-order valence-corrected chi connectivity index (χ4v) is 7.41. The second kappa shape index (κ2) is 9.02. The van der Waals surface area contributed by atoms with Crippen molar-refractivity contribution in [3.63, 3.8) is 0 Å². The Morgan fingerprint density at radius 3 is 2.79 bits per heavy atom. The summed E-state index contributed by atoms with van der Waals surface area (Å²) in [5, 5.41) is 4.84. The first-order valence-corrected chi connectivity index (χ1v) is 13.7. The Bertz CT molecular complexity index is 1170. The van der Waals surface area contributed by atoms with E-state index in [0.29, 0.717) is 48.2 Å². The number of ether oxygens (including phenoxy) is 1. The second-order valence-electron chi connectivity index (χ2n) is 9.02. The number of likely N-dealkylation sites (tertiary alicyclic amines) is 1. The number of carbonyl (C=O) groups excluding carboxylic acids is 1. The van der Waals surface area contributed by atoms with E-state index in [1.807, 2.05) is 29.8 Å². The molecule has 3 aliphatic heterocycles. The number of hydrogen-bond acceptors (Lipinski definition) is 6.